The molecule has 0 unspecified atom stereocenters. The van der Waals surface area contributed by atoms with Crippen molar-refractivity contribution < 1.29 is 9.47 Å². The summed E-state index contributed by atoms with van der Waals surface area (Å²) in [5, 5.41) is 0.444. The summed E-state index contributed by atoms with van der Waals surface area (Å²) in [6.07, 6.45) is 3.51. The van der Waals surface area contributed by atoms with Gasteiger partial charge in [-0.2, -0.15) is 0 Å². The molecule has 0 aliphatic carbocycles. The van der Waals surface area contributed by atoms with Gasteiger partial charge in [0.15, 0.2) is 0 Å². The van der Waals surface area contributed by atoms with Gasteiger partial charge in [0.05, 0.1) is 18.9 Å². The molecule has 4 nitrogen and oxygen atoms in total. The molecular weight excluding hydrogens is 240 g/mol. The first-order valence-electron chi connectivity index (χ1n) is 5.46. The Hall–Kier alpha value is -1.39. The minimum atomic E-state index is 0.444. The van der Waals surface area contributed by atoms with Crippen molar-refractivity contribution in [1.82, 2.24) is 4.90 Å². The van der Waals surface area contributed by atoms with Gasteiger partial charge in [-0.25, -0.2) is 0 Å². The monoisotopic (exact) mass is 254 g/mol. The van der Waals surface area contributed by atoms with Crippen LogP contribution in [0.4, 0.5) is 5.69 Å². The molecule has 1 aliphatic heterocycles. The second-order valence-electron chi connectivity index (χ2n) is 3.71. The Kier molecular flexibility index (Phi) is 4.12. The molecular formula is C12H15ClN2O2. The fourth-order valence-electron chi connectivity index (χ4n) is 1.54. The zero-order valence-corrected chi connectivity index (χ0v) is 10.2. The number of halogens is 1. The molecule has 1 aliphatic rings. The van der Waals surface area contributed by atoms with Crippen molar-refractivity contribution in [2.45, 2.75) is 0 Å². The number of anilines is 1. The number of benzene rings is 1. The maximum Gasteiger partial charge on any atom is 0.147 e. The minimum absolute atomic E-state index is 0.444. The van der Waals surface area contributed by atoms with Crippen LogP contribution in [0.2, 0.25) is 5.02 Å². The molecule has 0 amide bonds. The third-order valence-electron chi connectivity index (χ3n) is 2.51. The van der Waals surface area contributed by atoms with Crippen LogP contribution in [0.25, 0.3) is 0 Å². The molecule has 0 bridgehead atoms. The van der Waals surface area contributed by atoms with E-state index in [1.165, 1.54) is 0 Å². The molecule has 0 aromatic heterocycles. The molecule has 1 aromatic carbocycles. The van der Waals surface area contributed by atoms with Crippen molar-refractivity contribution in [2.24, 2.45) is 0 Å². The molecule has 2 rings (SSSR count). The Labute approximate surface area is 106 Å². The van der Waals surface area contributed by atoms with Gasteiger partial charge in [0.25, 0.3) is 0 Å². The molecule has 2 N–H and O–H groups in total. The molecule has 0 atom stereocenters. The number of nitrogen functional groups attached to an aromatic ring is 1. The molecule has 1 aromatic rings. The quantitative estimate of drug-likeness (QED) is 0.663. The standard InChI is InChI=1S/C12H15ClN2O2/c13-12-10(14)2-1-3-11(12)17-9-6-15-4-7-16-8-5-15/h1-3,6,9H,4-5,7-8,14H2/b9-6+. The van der Waals surface area contributed by atoms with Crippen LogP contribution in [0.5, 0.6) is 5.75 Å². The smallest absolute Gasteiger partial charge is 0.147 e. The van der Waals surface area contributed by atoms with Gasteiger partial charge < -0.3 is 20.1 Å². The van der Waals surface area contributed by atoms with Crippen LogP contribution in [0.15, 0.2) is 30.7 Å². The van der Waals surface area contributed by atoms with Crippen LogP contribution in [0, 0.1) is 0 Å². The first kappa shape index (κ1) is 12.1. The predicted octanol–water partition coefficient (Wildman–Crippen LogP) is 2.10. The van der Waals surface area contributed by atoms with E-state index in [0.717, 1.165) is 26.3 Å². The highest BCUT2D eigenvalue weighted by atomic mass is 35.5. The molecule has 0 spiro atoms. The third-order valence-corrected chi connectivity index (χ3v) is 2.91. The molecule has 1 heterocycles. The van der Waals surface area contributed by atoms with Crippen molar-refractivity contribution in [1.29, 1.82) is 0 Å². The lowest BCUT2D eigenvalue weighted by Gasteiger charge is -2.24. The fraction of sp³-hybridized carbons (Fsp3) is 0.333. The zero-order valence-electron chi connectivity index (χ0n) is 9.43. The van der Waals surface area contributed by atoms with E-state index < -0.39 is 0 Å². The maximum atomic E-state index is 6.00. The molecule has 5 heteroatoms. The number of hydrogen-bond donors (Lipinski definition) is 1. The highest BCUT2D eigenvalue weighted by Gasteiger charge is 2.06. The van der Waals surface area contributed by atoms with E-state index in [4.69, 9.17) is 26.8 Å². The van der Waals surface area contributed by atoms with Crippen molar-refractivity contribution in [3.8, 4) is 5.75 Å². The largest absolute Gasteiger partial charge is 0.462 e. The van der Waals surface area contributed by atoms with Crippen LogP contribution < -0.4 is 10.5 Å². The van der Waals surface area contributed by atoms with E-state index in [9.17, 15) is 0 Å². The van der Waals surface area contributed by atoms with Crippen molar-refractivity contribution >= 4 is 17.3 Å². The lowest BCUT2D eigenvalue weighted by molar-refractivity contribution is 0.0586. The van der Waals surface area contributed by atoms with Crippen LogP contribution >= 0.6 is 11.6 Å². The van der Waals surface area contributed by atoms with Crippen LogP contribution in [0.3, 0.4) is 0 Å². The summed E-state index contributed by atoms with van der Waals surface area (Å²) in [4.78, 5) is 2.13. The van der Waals surface area contributed by atoms with E-state index in [1.807, 2.05) is 6.20 Å². The summed E-state index contributed by atoms with van der Waals surface area (Å²) >= 11 is 6.00. The second kappa shape index (κ2) is 5.80. The molecule has 0 radical (unpaired) electrons. The summed E-state index contributed by atoms with van der Waals surface area (Å²) in [5.41, 5.74) is 6.19. The van der Waals surface area contributed by atoms with Gasteiger partial charge in [0.1, 0.15) is 17.0 Å². The SMILES string of the molecule is Nc1cccc(O/C=C/N2CCOCC2)c1Cl. The summed E-state index contributed by atoms with van der Waals surface area (Å²) < 4.78 is 10.7. The maximum absolute atomic E-state index is 6.00. The Balaban J connectivity index is 1.92. The minimum Gasteiger partial charge on any atom is -0.462 e. The number of morpholine rings is 1. The third kappa shape index (κ3) is 3.28. The summed E-state index contributed by atoms with van der Waals surface area (Å²) in [6.45, 7) is 3.27. The van der Waals surface area contributed by atoms with Gasteiger partial charge in [-0.15, -0.1) is 0 Å². The van der Waals surface area contributed by atoms with Gasteiger partial charge in [-0.1, -0.05) is 17.7 Å². The fourth-order valence-corrected chi connectivity index (χ4v) is 1.71. The number of nitrogens with two attached hydrogens (primary N) is 1. The van der Waals surface area contributed by atoms with Gasteiger partial charge in [0, 0.05) is 19.3 Å². The van der Waals surface area contributed by atoms with E-state index >= 15 is 0 Å². The first-order valence-corrected chi connectivity index (χ1v) is 5.84. The van der Waals surface area contributed by atoms with Crippen molar-refractivity contribution in [3.05, 3.63) is 35.7 Å². The Bertz CT molecular complexity index is 403. The average molecular weight is 255 g/mol. The second-order valence-corrected chi connectivity index (χ2v) is 4.09. The summed E-state index contributed by atoms with van der Waals surface area (Å²) in [7, 11) is 0. The van der Waals surface area contributed by atoms with E-state index in [1.54, 1.807) is 24.5 Å². The first-order chi connectivity index (χ1) is 8.27. The molecule has 17 heavy (non-hydrogen) atoms. The highest BCUT2D eigenvalue weighted by molar-refractivity contribution is 6.34. The number of hydrogen-bond acceptors (Lipinski definition) is 4. The Morgan fingerprint density at radius 1 is 1.35 bits per heavy atom. The van der Waals surface area contributed by atoms with Crippen LogP contribution in [-0.2, 0) is 4.74 Å². The lowest BCUT2D eigenvalue weighted by Crippen LogP contribution is -2.32. The van der Waals surface area contributed by atoms with E-state index in [2.05, 4.69) is 4.90 Å². The summed E-state index contributed by atoms with van der Waals surface area (Å²) in [6, 6.07) is 5.32. The molecule has 0 saturated carbocycles. The summed E-state index contributed by atoms with van der Waals surface area (Å²) in [5.74, 6) is 0.566. The number of rotatable bonds is 3. The van der Waals surface area contributed by atoms with Crippen molar-refractivity contribution in [2.75, 3.05) is 32.0 Å². The number of nitrogens with zero attached hydrogens (tertiary/aromatic N) is 1. The van der Waals surface area contributed by atoms with E-state index in [-0.39, 0.29) is 0 Å². The van der Waals surface area contributed by atoms with Crippen LogP contribution in [0.1, 0.15) is 0 Å². The van der Waals surface area contributed by atoms with Gasteiger partial charge in [-0.3, -0.25) is 0 Å². The van der Waals surface area contributed by atoms with Gasteiger partial charge in [-0.05, 0) is 12.1 Å². The molecule has 1 fully saturated rings. The lowest BCUT2D eigenvalue weighted by atomic mass is 10.3. The highest BCUT2D eigenvalue weighted by Crippen LogP contribution is 2.29. The normalized spacial score (nSPS) is 16.4. The predicted molar refractivity (Wildman–Crippen MR) is 68.0 cm³/mol. The Morgan fingerprint density at radius 3 is 2.88 bits per heavy atom. The van der Waals surface area contributed by atoms with Crippen molar-refractivity contribution in [3.63, 3.8) is 0 Å². The Morgan fingerprint density at radius 2 is 2.12 bits per heavy atom. The molecule has 1 saturated heterocycles. The molecule has 92 valence electrons. The van der Waals surface area contributed by atoms with Gasteiger partial charge >= 0.3 is 0 Å². The zero-order chi connectivity index (χ0) is 12.1. The number of ether oxygens (including phenoxy) is 2. The topological polar surface area (TPSA) is 47.7 Å². The average Bonchev–Trinajstić information content (AvgIpc) is 2.36. The van der Waals surface area contributed by atoms with E-state index in [0.29, 0.717) is 16.5 Å². The van der Waals surface area contributed by atoms with Crippen LogP contribution in [-0.4, -0.2) is 31.2 Å². The van der Waals surface area contributed by atoms with Gasteiger partial charge in [0.2, 0.25) is 0 Å².